The summed E-state index contributed by atoms with van der Waals surface area (Å²) in [6.45, 7) is 5.54. The number of hydrogen-bond donors (Lipinski definition) is 2. The number of carbonyl (C=O) groups excluding carboxylic acids is 3. The maximum absolute atomic E-state index is 11.8. The van der Waals surface area contributed by atoms with Crippen molar-refractivity contribution in [2.45, 2.75) is 40.0 Å². The summed E-state index contributed by atoms with van der Waals surface area (Å²) < 4.78 is 4.97. The Hall–Kier alpha value is -2.70. The van der Waals surface area contributed by atoms with Gasteiger partial charge in [0.2, 0.25) is 11.8 Å². The lowest BCUT2D eigenvalue weighted by atomic mass is 10.0. The fourth-order valence-electron chi connectivity index (χ4n) is 2.13. The van der Waals surface area contributed by atoms with E-state index in [-0.39, 0.29) is 30.6 Å². The molecule has 0 bridgehead atoms. The zero-order chi connectivity index (χ0) is 18.7. The van der Waals surface area contributed by atoms with E-state index in [0.717, 1.165) is 0 Å². The number of hydrogen-bond acceptors (Lipinski definition) is 5. The molecule has 0 aromatic heterocycles. The largest absolute Gasteiger partial charge is 0.465 e. The van der Waals surface area contributed by atoms with Gasteiger partial charge < -0.3 is 10.1 Å². The molecule has 2 amide bonds. The summed E-state index contributed by atoms with van der Waals surface area (Å²) >= 11 is 0. The second-order valence-corrected chi connectivity index (χ2v) is 5.42. The average molecular weight is 347 g/mol. The number of anilines is 1. The van der Waals surface area contributed by atoms with Crippen LogP contribution in [0.5, 0.6) is 0 Å². The Bertz CT molecular complexity index is 614. The SMILES string of the molecule is CCOC(=O)[C@@H](CC)/C(C)=N\NC(=O)CCC(=O)Nc1ccccc1. The standard InChI is InChI=1S/C18H25N3O4/c1-4-15(18(24)25-5-2)13(3)20-21-17(23)12-11-16(22)19-14-9-7-6-8-10-14/h6-10,15H,4-5,11-12H2,1-3H3,(H,19,22)(H,21,23)/b20-13-/t15-/m0/s1. The van der Waals surface area contributed by atoms with Gasteiger partial charge in [-0.3, -0.25) is 14.4 Å². The quantitative estimate of drug-likeness (QED) is 0.407. The molecule has 1 rings (SSSR count). The molecule has 0 aliphatic heterocycles. The summed E-state index contributed by atoms with van der Waals surface area (Å²) in [4.78, 5) is 35.4. The van der Waals surface area contributed by atoms with Crippen molar-refractivity contribution in [1.29, 1.82) is 0 Å². The molecule has 0 fully saturated rings. The molecule has 136 valence electrons. The third kappa shape index (κ3) is 7.60. The number of ether oxygens (including phenoxy) is 1. The fourth-order valence-corrected chi connectivity index (χ4v) is 2.13. The minimum absolute atomic E-state index is 0.00560. The molecule has 0 radical (unpaired) electrons. The molecule has 1 aromatic carbocycles. The number of rotatable bonds is 9. The highest BCUT2D eigenvalue weighted by Crippen LogP contribution is 2.08. The lowest BCUT2D eigenvalue weighted by Crippen LogP contribution is -2.27. The van der Waals surface area contributed by atoms with Gasteiger partial charge in [-0.2, -0.15) is 5.10 Å². The first kappa shape index (κ1) is 20.3. The zero-order valence-corrected chi connectivity index (χ0v) is 14.9. The Kier molecular flexibility index (Phi) is 8.92. The zero-order valence-electron chi connectivity index (χ0n) is 14.9. The predicted molar refractivity (Wildman–Crippen MR) is 96.0 cm³/mol. The van der Waals surface area contributed by atoms with Gasteiger partial charge in [0, 0.05) is 24.2 Å². The lowest BCUT2D eigenvalue weighted by Gasteiger charge is -2.13. The lowest BCUT2D eigenvalue weighted by molar-refractivity contribution is -0.145. The van der Waals surface area contributed by atoms with Crippen molar-refractivity contribution in [3.05, 3.63) is 30.3 Å². The molecule has 25 heavy (non-hydrogen) atoms. The van der Waals surface area contributed by atoms with Gasteiger partial charge in [0.25, 0.3) is 0 Å². The molecule has 0 spiro atoms. The third-order valence-electron chi connectivity index (χ3n) is 3.48. The molecule has 1 atom stereocenters. The van der Waals surface area contributed by atoms with Crippen molar-refractivity contribution < 1.29 is 19.1 Å². The highest BCUT2D eigenvalue weighted by molar-refractivity contribution is 6.01. The van der Waals surface area contributed by atoms with Gasteiger partial charge in [0.05, 0.1) is 12.5 Å². The number of benzene rings is 1. The van der Waals surface area contributed by atoms with Crippen LogP contribution in [0.3, 0.4) is 0 Å². The van der Waals surface area contributed by atoms with Crippen LogP contribution in [0.1, 0.15) is 40.0 Å². The van der Waals surface area contributed by atoms with E-state index >= 15 is 0 Å². The van der Waals surface area contributed by atoms with Crippen LogP contribution < -0.4 is 10.7 Å². The monoisotopic (exact) mass is 347 g/mol. The summed E-state index contributed by atoms with van der Waals surface area (Å²) in [7, 11) is 0. The summed E-state index contributed by atoms with van der Waals surface area (Å²) in [6.07, 6.45) is 0.583. The second-order valence-electron chi connectivity index (χ2n) is 5.42. The second kappa shape index (κ2) is 11.0. The van der Waals surface area contributed by atoms with E-state index in [9.17, 15) is 14.4 Å². The molecule has 0 unspecified atom stereocenters. The van der Waals surface area contributed by atoms with Gasteiger partial charge in [-0.05, 0) is 32.4 Å². The van der Waals surface area contributed by atoms with E-state index in [4.69, 9.17) is 4.74 Å². The molecule has 7 nitrogen and oxygen atoms in total. The molecule has 2 N–H and O–H groups in total. The van der Waals surface area contributed by atoms with Gasteiger partial charge in [0.15, 0.2) is 0 Å². The summed E-state index contributed by atoms with van der Waals surface area (Å²) in [5.41, 5.74) is 3.53. The first-order valence-corrected chi connectivity index (χ1v) is 8.32. The third-order valence-corrected chi connectivity index (χ3v) is 3.48. The van der Waals surface area contributed by atoms with Crippen LogP contribution in [-0.4, -0.2) is 30.1 Å². The van der Waals surface area contributed by atoms with E-state index in [1.54, 1.807) is 26.0 Å². The highest BCUT2D eigenvalue weighted by atomic mass is 16.5. The van der Waals surface area contributed by atoms with Crippen LogP contribution >= 0.6 is 0 Å². The minimum atomic E-state index is -0.485. The van der Waals surface area contributed by atoms with Gasteiger partial charge in [0.1, 0.15) is 0 Å². The van der Waals surface area contributed by atoms with E-state index in [2.05, 4.69) is 15.8 Å². The van der Waals surface area contributed by atoms with Crippen LogP contribution in [0.15, 0.2) is 35.4 Å². The minimum Gasteiger partial charge on any atom is -0.465 e. The van der Waals surface area contributed by atoms with Crippen molar-refractivity contribution >= 4 is 29.2 Å². The Balaban J connectivity index is 2.42. The summed E-state index contributed by atoms with van der Waals surface area (Å²) in [5, 5.41) is 6.65. The molecule has 1 aromatic rings. The van der Waals surface area contributed by atoms with Crippen LogP contribution in [-0.2, 0) is 19.1 Å². The van der Waals surface area contributed by atoms with Crippen molar-refractivity contribution in [3.8, 4) is 0 Å². The average Bonchev–Trinajstić information content (AvgIpc) is 2.60. The predicted octanol–water partition coefficient (Wildman–Crippen LogP) is 2.49. The fraction of sp³-hybridized carbons (Fsp3) is 0.444. The molecule has 0 aliphatic carbocycles. The Morgan fingerprint density at radius 1 is 1.08 bits per heavy atom. The molecular weight excluding hydrogens is 322 g/mol. The van der Waals surface area contributed by atoms with Crippen LogP contribution in [0.25, 0.3) is 0 Å². The summed E-state index contributed by atoms with van der Waals surface area (Å²) in [5.74, 6) is -1.48. The number of esters is 1. The Morgan fingerprint density at radius 2 is 1.72 bits per heavy atom. The number of nitrogens with one attached hydrogen (secondary N) is 2. The van der Waals surface area contributed by atoms with E-state index in [1.807, 2.05) is 25.1 Å². The maximum atomic E-state index is 11.8. The number of para-hydroxylation sites is 1. The molecule has 0 aliphatic rings. The molecule has 0 saturated carbocycles. The summed E-state index contributed by atoms with van der Waals surface area (Å²) in [6, 6.07) is 9.02. The molecule has 0 heterocycles. The van der Waals surface area contributed by atoms with Gasteiger partial charge >= 0.3 is 5.97 Å². The van der Waals surface area contributed by atoms with Gasteiger partial charge in [-0.1, -0.05) is 25.1 Å². The van der Waals surface area contributed by atoms with Crippen molar-refractivity contribution in [2.75, 3.05) is 11.9 Å². The van der Waals surface area contributed by atoms with Crippen LogP contribution in [0.4, 0.5) is 5.69 Å². The van der Waals surface area contributed by atoms with Gasteiger partial charge in [-0.25, -0.2) is 5.43 Å². The number of carbonyl (C=O) groups is 3. The first-order chi connectivity index (χ1) is 12.0. The van der Waals surface area contributed by atoms with Crippen molar-refractivity contribution in [3.63, 3.8) is 0 Å². The first-order valence-electron chi connectivity index (χ1n) is 8.32. The topological polar surface area (TPSA) is 96.9 Å². The maximum Gasteiger partial charge on any atom is 0.314 e. The molecular formula is C18H25N3O4. The number of amides is 2. The van der Waals surface area contributed by atoms with Crippen molar-refractivity contribution in [2.24, 2.45) is 11.0 Å². The van der Waals surface area contributed by atoms with Crippen LogP contribution in [0.2, 0.25) is 0 Å². The molecule has 0 saturated heterocycles. The van der Waals surface area contributed by atoms with Gasteiger partial charge in [-0.15, -0.1) is 0 Å². The van der Waals surface area contributed by atoms with E-state index < -0.39 is 5.92 Å². The van der Waals surface area contributed by atoms with E-state index in [0.29, 0.717) is 24.4 Å². The highest BCUT2D eigenvalue weighted by Gasteiger charge is 2.21. The normalized spacial score (nSPS) is 12.2. The van der Waals surface area contributed by atoms with E-state index in [1.165, 1.54) is 0 Å². The number of hydrazone groups is 1. The Labute approximate surface area is 147 Å². The smallest absolute Gasteiger partial charge is 0.314 e. The van der Waals surface area contributed by atoms with Crippen LogP contribution in [0, 0.1) is 5.92 Å². The van der Waals surface area contributed by atoms with Crippen molar-refractivity contribution in [1.82, 2.24) is 5.43 Å². The number of nitrogens with zero attached hydrogens (tertiary/aromatic N) is 1. The molecule has 7 heteroatoms. The Morgan fingerprint density at radius 3 is 2.32 bits per heavy atom.